The number of nitrogens with one attached hydrogen (secondary N) is 1. The molecule has 1 amide bonds. The minimum Gasteiger partial charge on any atom is -0.444 e. The number of nitrogens with zero attached hydrogens (tertiary/aromatic N) is 2. The second-order valence-electron chi connectivity index (χ2n) is 7.98. The molecule has 1 heterocycles. The number of benzene rings is 1. The standard InChI is InChI=1S/C19H27N3O5S/c1-13(2)11-15(20-17(23)27-19(3,4)5)16-21-22-18(26-16)28(24,25)12-14-9-7-6-8-10-14/h6-10,13,15H,11-12H2,1-5H3,(H,20,23)/t15-/m1/s1. The highest BCUT2D eigenvalue weighted by Gasteiger charge is 2.29. The predicted molar refractivity (Wildman–Crippen MR) is 103 cm³/mol. The summed E-state index contributed by atoms with van der Waals surface area (Å²) in [6.07, 6.45) is -0.148. The number of sulfone groups is 1. The second kappa shape index (κ2) is 8.72. The Morgan fingerprint density at radius 1 is 1.18 bits per heavy atom. The van der Waals surface area contributed by atoms with E-state index in [9.17, 15) is 13.2 Å². The van der Waals surface area contributed by atoms with Gasteiger partial charge in [-0.1, -0.05) is 49.3 Å². The maximum atomic E-state index is 12.6. The molecule has 2 aromatic rings. The number of carbonyl (C=O) groups is 1. The molecular weight excluding hydrogens is 382 g/mol. The van der Waals surface area contributed by atoms with E-state index >= 15 is 0 Å². The highest BCUT2D eigenvalue weighted by Crippen LogP contribution is 2.24. The summed E-state index contributed by atoms with van der Waals surface area (Å²) >= 11 is 0. The lowest BCUT2D eigenvalue weighted by Crippen LogP contribution is -2.35. The van der Waals surface area contributed by atoms with Gasteiger partial charge in [-0.2, -0.15) is 0 Å². The van der Waals surface area contributed by atoms with Crippen molar-refractivity contribution in [3.05, 3.63) is 41.8 Å². The average Bonchev–Trinajstić information content (AvgIpc) is 3.03. The summed E-state index contributed by atoms with van der Waals surface area (Å²) in [4.78, 5) is 12.1. The van der Waals surface area contributed by atoms with Crippen molar-refractivity contribution in [2.45, 2.75) is 63.7 Å². The third-order valence-electron chi connectivity index (χ3n) is 3.58. The van der Waals surface area contributed by atoms with Gasteiger partial charge in [-0.25, -0.2) is 13.2 Å². The minimum absolute atomic E-state index is 0.0335. The maximum Gasteiger partial charge on any atom is 0.408 e. The molecule has 8 nitrogen and oxygen atoms in total. The molecule has 0 aliphatic heterocycles. The second-order valence-corrected chi connectivity index (χ2v) is 9.85. The Morgan fingerprint density at radius 3 is 2.39 bits per heavy atom. The molecule has 0 unspecified atom stereocenters. The maximum absolute atomic E-state index is 12.6. The van der Waals surface area contributed by atoms with Crippen LogP contribution in [-0.2, 0) is 20.3 Å². The molecule has 0 aliphatic carbocycles. The molecule has 1 aromatic heterocycles. The first kappa shape index (κ1) is 21.9. The van der Waals surface area contributed by atoms with Crippen LogP contribution in [0.25, 0.3) is 0 Å². The number of carbonyl (C=O) groups excluding carboxylic acids is 1. The van der Waals surface area contributed by atoms with Crippen LogP contribution in [0, 0.1) is 5.92 Å². The van der Waals surface area contributed by atoms with Crippen molar-refractivity contribution in [2.75, 3.05) is 0 Å². The molecule has 0 saturated heterocycles. The van der Waals surface area contributed by atoms with Crippen molar-refractivity contribution in [1.29, 1.82) is 0 Å². The molecule has 0 bridgehead atoms. The first-order chi connectivity index (χ1) is 13.0. The van der Waals surface area contributed by atoms with Gasteiger partial charge in [0, 0.05) is 0 Å². The SMILES string of the molecule is CC(C)C[C@@H](NC(=O)OC(C)(C)C)c1nnc(S(=O)(=O)Cc2ccccc2)o1. The van der Waals surface area contributed by atoms with E-state index in [1.165, 1.54) is 0 Å². The Morgan fingerprint density at radius 2 is 1.82 bits per heavy atom. The molecule has 1 N–H and O–H groups in total. The molecule has 9 heteroatoms. The van der Waals surface area contributed by atoms with E-state index in [1.807, 2.05) is 13.8 Å². The van der Waals surface area contributed by atoms with Gasteiger partial charge in [0.15, 0.2) is 0 Å². The summed E-state index contributed by atoms with van der Waals surface area (Å²) < 4.78 is 35.8. The summed E-state index contributed by atoms with van der Waals surface area (Å²) in [5, 5.41) is 9.78. The lowest BCUT2D eigenvalue weighted by Gasteiger charge is -2.22. The van der Waals surface area contributed by atoms with Crippen molar-refractivity contribution in [2.24, 2.45) is 5.92 Å². The fourth-order valence-electron chi connectivity index (χ4n) is 2.48. The van der Waals surface area contributed by atoms with E-state index in [1.54, 1.807) is 51.1 Å². The van der Waals surface area contributed by atoms with E-state index in [4.69, 9.17) is 9.15 Å². The van der Waals surface area contributed by atoms with Gasteiger partial charge < -0.3 is 14.5 Å². The normalized spacial score (nSPS) is 13.4. The lowest BCUT2D eigenvalue weighted by atomic mass is 10.0. The molecule has 0 aliphatic rings. The smallest absolute Gasteiger partial charge is 0.408 e. The zero-order valence-electron chi connectivity index (χ0n) is 16.8. The van der Waals surface area contributed by atoms with Gasteiger partial charge in [-0.3, -0.25) is 0 Å². The molecular formula is C19H27N3O5S. The van der Waals surface area contributed by atoms with Crippen molar-refractivity contribution in [3.63, 3.8) is 0 Å². The van der Waals surface area contributed by atoms with Crippen molar-refractivity contribution < 1.29 is 22.4 Å². The van der Waals surface area contributed by atoms with Crippen LogP contribution in [0.1, 0.15) is 58.5 Å². The fourth-order valence-corrected chi connectivity index (χ4v) is 3.62. The molecule has 1 atom stereocenters. The summed E-state index contributed by atoms with van der Waals surface area (Å²) in [6, 6.07) is 8.09. The van der Waals surface area contributed by atoms with Gasteiger partial charge in [-0.05, 0) is 38.7 Å². The van der Waals surface area contributed by atoms with E-state index in [0.717, 1.165) is 0 Å². The van der Waals surface area contributed by atoms with Gasteiger partial charge >= 0.3 is 11.3 Å². The van der Waals surface area contributed by atoms with Crippen LogP contribution in [0.5, 0.6) is 0 Å². The largest absolute Gasteiger partial charge is 0.444 e. The number of ether oxygens (including phenoxy) is 1. The Bertz CT molecular complexity index is 886. The third kappa shape index (κ3) is 6.63. The Kier molecular flexibility index (Phi) is 6.82. The van der Waals surface area contributed by atoms with Crippen LogP contribution in [0.2, 0.25) is 0 Å². The van der Waals surface area contributed by atoms with E-state index in [0.29, 0.717) is 12.0 Å². The van der Waals surface area contributed by atoms with Gasteiger partial charge in [0.25, 0.3) is 0 Å². The zero-order valence-corrected chi connectivity index (χ0v) is 17.6. The van der Waals surface area contributed by atoms with Gasteiger partial charge in [0.05, 0.1) is 5.75 Å². The highest BCUT2D eigenvalue weighted by atomic mass is 32.2. The third-order valence-corrected chi connectivity index (χ3v) is 4.99. The summed E-state index contributed by atoms with van der Waals surface area (Å²) in [6.45, 7) is 9.20. The molecule has 28 heavy (non-hydrogen) atoms. The predicted octanol–water partition coefficient (Wildman–Crippen LogP) is 3.66. The minimum atomic E-state index is -3.80. The number of rotatable bonds is 7. The number of amides is 1. The monoisotopic (exact) mass is 409 g/mol. The lowest BCUT2D eigenvalue weighted by molar-refractivity contribution is 0.0487. The molecule has 154 valence electrons. The zero-order chi connectivity index (χ0) is 20.9. The van der Waals surface area contributed by atoms with Crippen LogP contribution in [0.15, 0.2) is 40.0 Å². The summed E-state index contributed by atoms with van der Waals surface area (Å²) in [5.41, 5.74) is -0.0428. The first-order valence-electron chi connectivity index (χ1n) is 9.06. The van der Waals surface area contributed by atoms with Crippen LogP contribution >= 0.6 is 0 Å². The Hall–Kier alpha value is -2.42. The van der Waals surface area contributed by atoms with E-state index in [2.05, 4.69) is 15.5 Å². The molecule has 0 fully saturated rings. The molecule has 1 aromatic carbocycles. The van der Waals surface area contributed by atoms with Crippen LogP contribution in [-0.4, -0.2) is 30.3 Å². The van der Waals surface area contributed by atoms with Gasteiger partial charge in [-0.15, -0.1) is 5.10 Å². The first-order valence-corrected chi connectivity index (χ1v) is 10.7. The highest BCUT2D eigenvalue weighted by molar-refractivity contribution is 7.90. The Labute approximate surface area is 165 Å². The fraction of sp³-hybridized carbons (Fsp3) is 0.526. The van der Waals surface area contributed by atoms with Crippen molar-refractivity contribution in [1.82, 2.24) is 15.5 Å². The van der Waals surface area contributed by atoms with Crippen LogP contribution < -0.4 is 5.32 Å². The van der Waals surface area contributed by atoms with Crippen molar-refractivity contribution >= 4 is 15.9 Å². The summed E-state index contributed by atoms with van der Waals surface area (Å²) in [5.74, 6) is -0.0218. The molecule has 0 radical (unpaired) electrons. The van der Waals surface area contributed by atoms with E-state index < -0.39 is 32.8 Å². The Balaban J connectivity index is 2.19. The van der Waals surface area contributed by atoms with Crippen molar-refractivity contribution in [3.8, 4) is 0 Å². The van der Waals surface area contributed by atoms with Crippen LogP contribution in [0.3, 0.4) is 0 Å². The number of alkyl carbamates (subject to hydrolysis) is 1. The number of hydrogen-bond acceptors (Lipinski definition) is 7. The van der Waals surface area contributed by atoms with Gasteiger partial charge in [0.1, 0.15) is 11.6 Å². The number of hydrogen-bond donors (Lipinski definition) is 1. The molecule has 0 saturated carbocycles. The quantitative estimate of drug-likeness (QED) is 0.743. The van der Waals surface area contributed by atoms with Gasteiger partial charge in [0.2, 0.25) is 15.7 Å². The summed E-state index contributed by atoms with van der Waals surface area (Å²) in [7, 11) is -3.80. The number of aromatic nitrogens is 2. The molecule has 2 rings (SSSR count). The van der Waals surface area contributed by atoms with E-state index in [-0.39, 0.29) is 17.6 Å². The topological polar surface area (TPSA) is 111 Å². The van der Waals surface area contributed by atoms with Crippen LogP contribution in [0.4, 0.5) is 4.79 Å². The molecule has 0 spiro atoms. The average molecular weight is 410 g/mol.